The lowest BCUT2D eigenvalue weighted by Gasteiger charge is -2.23. The molecule has 1 rings (SSSR count). The van der Waals surface area contributed by atoms with E-state index in [2.05, 4.69) is 15.2 Å². The summed E-state index contributed by atoms with van der Waals surface area (Å²) in [6.07, 6.45) is 0.847. The van der Waals surface area contributed by atoms with Crippen molar-refractivity contribution >= 4 is 12.2 Å². The van der Waals surface area contributed by atoms with Gasteiger partial charge >= 0.3 is 0 Å². The van der Waals surface area contributed by atoms with Crippen molar-refractivity contribution in [2.24, 2.45) is 0 Å². The first-order valence-electron chi connectivity index (χ1n) is 3.82. The second kappa shape index (κ2) is 3.37. The Kier molecular flexibility index (Phi) is 2.64. The summed E-state index contributed by atoms with van der Waals surface area (Å²) in [4.78, 5) is 4.10. The molecular weight excluding hydrogens is 174 g/mol. The number of nitrogens with zero attached hydrogens (tertiary/aromatic N) is 1. The van der Waals surface area contributed by atoms with Gasteiger partial charge in [-0.1, -0.05) is 6.92 Å². The van der Waals surface area contributed by atoms with Crippen molar-refractivity contribution in [3.8, 4) is 0 Å². The van der Waals surface area contributed by atoms with Gasteiger partial charge in [-0.25, -0.2) is 4.98 Å². The van der Waals surface area contributed by atoms with E-state index in [-0.39, 0.29) is 5.60 Å². The Hall–Kier alpha value is -0.680. The molecule has 1 aromatic rings. The fourth-order valence-electron chi connectivity index (χ4n) is 0.929. The van der Waals surface area contributed by atoms with Gasteiger partial charge < -0.3 is 4.74 Å². The normalized spacial score (nSPS) is 15.9. The predicted octanol–water partition coefficient (Wildman–Crippen LogP) is 1.74. The highest BCUT2D eigenvalue weighted by Crippen LogP contribution is 2.23. The van der Waals surface area contributed by atoms with Crippen LogP contribution < -0.4 is 0 Å². The highest BCUT2D eigenvalue weighted by Gasteiger charge is 2.26. The van der Waals surface area contributed by atoms with E-state index >= 15 is 0 Å². The van der Waals surface area contributed by atoms with Crippen LogP contribution in [0.15, 0.2) is 0 Å². The van der Waals surface area contributed by atoms with Gasteiger partial charge in [-0.3, -0.25) is 10.2 Å². The molecule has 12 heavy (non-hydrogen) atoms. The van der Waals surface area contributed by atoms with Crippen LogP contribution in [0.3, 0.4) is 0 Å². The minimum absolute atomic E-state index is 0.367. The smallest absolute Gasteiger partial charge is 0.213 e. The molecule has 0 aliphatic heterocycles. The Morgan fingerprint density at radius 1 is 1.58 bits per heavy atom. The number of aromatic amines is 2. The number of hydrogen-bond acceptors (Lipinski definition) is 3. The number of hydrogen-bond donors (Lipinski definition) is 2. The lowest BCUT2D eigenvalue weighted by Crippen LogP contribution is -2.24. The van der Waals surface area contributed by atoms with E-state index in [1.165, 1.54) is 0 Å². The van der Waals surface area contributed by atoms with Gasteiger partial charge in [0, 0.05) is 7.11 Å². The van der Waals surface area contributed by atoms with E-state index in [0.29, 0.717) is 4.77 Å². The molecule has 0 aliphatic rings. The molecule has 0 aromatic carbocycles. The number of methoxy groups -OCH3 is 1. The molecule has 2 N–H and O–H groups in total. The van der Waals surface area contributed by atoms with E-state index in [4.69, 9.17) is 17.0 Å². The summed E-state index contributed by atoms with van der Waals surface area (Å²) in [5.74, 6) is 0.748. The van der Waals surface area contributed by atoms with Gasteiger partial charge in [0.2, 0.25) is 4.77 Å². The van der Waals surface area contributed by atoms with Gasteiger partial charge in [0.05, 0.1) is 0 Å². The first kappa shape index (κ1) is 9.41. The Labute approximate surface area is 76.3 Å². The maximum absolute atomic E-state index is 5.33. The maximum Gasteiger partial charge on any atom is 0.213 e. The number of ether oxygens (including phenoxy) is 1. The average molecular weight is 187 g/mol. The third kappa shape index (κ3) is 1.56. The minimum Gasteiger partial charge on any atom is -0.371 e. The third-order valence-electron chi connectivity index (χ3n) is 2.13. The lowest BCUT2D eigenvalue weighted by molar-refractivity contribution is -0.00869. The minimum atomic E-state index is -0.367. The molecule has 1 unspecified atom stereocenters. The molecule has 0 saturated carbocycles. The number of H-pyrrole nitrogens is 2. The Bertz CT molecular complexity index is 300. The maximum atomic E-state index is 5.33. The standard InChI is InChI=1S/C7H13N3OS/c1-4-7(2,11-3)5-8-6(12)10-9-5/h4H2,1-3H3,(H2,8,9,10,12). The molecule has 1 heterocycles. The van der Waals surface area contributed by atoms with Crippen LogP contribution in [0.1, 0.15) is 26.1 Å². The van der Waals surface area contributed by atoms with Crippen molar-refractivity contribution < 1.29 is 4.74 Å². The van der Waals surface area contributed by atoms with Gasteiger partial charge in [0.15, 0.2) is 5.82 Å². The van der Waals surface area contributed by atoms with Crippen molar-refractivity contribution in [3.63, 3.8) is 0 Å². The first-order chi connectivity index (χ1) is 5.62. The third-order valence-corrected chi connectivity index (χ3v) is 2.32. The predicted molar refractivity (Wildman–Crippen MR) is 48.4 cm³/mol. The van der Waals surface area contributed by atoms with Gasteiger partial charge in [-0.2, -0.15) is 0 Å². The van der Waals surface area contributed by atoms with Crippen LogP contribution in [0, 0.1) is 4.77 Å². The monoisotopic (exact) mass is 187 g/mol. The summed E-state index contributed by atoms with van der Waals surface area (Å²) in [6.45, 7) is 4.00. The zero-order valence-electron chi connectivity index (χ0n) is 7.47. The van der Waals surface area contributed by atoms with Gasteiger partial charge in [0.1, 0.15) is 5.60 Å². The van der Waals surface area contributed by atoms with Crippen molar-refractivity contribution in [3.05, 3.63) is 10.6 Å². The van der Waals surface area contributed by atoms with Crippen LogP contribution >= 0.6 is 12.2 Å². The molecule has 68 valence electrons. The molecule has 1 aromatic heterocycles. The van der Waals surface area contributed by atoms with Crippen LogP contribution in [0.25, 0.3) is 0 Å². The first-order valence-corrected chi connectivity index (χ1v) is 4.23. The molecule has 0 bridgehead atoms. The van der Waals surface area contributed by atoms with E-state index in [1.54, 1.807) is 7.11 Å². The van der Waals surface area contributed by atoms with Crippen LogP contribution in [0.5, 0.6) is 0 Å². The van der Waals surface area contributed by atoms with Crippen molar-refractivity contribution in [2.75, 3.05) is 7.11 Å². The molecule has 0 fully saturated rings. The Morgan fingerprint density at radius 2 is 2.25 bits per heavy atom. The molecule has 0 saturated heterocycles. The Balaban J connectivity index is 3.02. The second-order valence-electron chi connectivity index (χ2n) is 2.80. The second-order valence-corrected chi connectivity index (χ2v) is 3.19. The van der Waals surface area contributed by atoms with E-state index < -0.39 is 0 Å². The summed E-state index contributed by atoms with van der Waals surface area (Å²) >= 11 is 4.84. The fourth-order valence-corrected chi connectivity index (χ4v) is 1.07. The van der Waals surface area contributed by atoms with E-state index in [0.717, 1.165) is 12.2 Å². The molecule has 1 atom stereocenters. The van der Waals surface area contributed by atoms with Gasteiger partial charge in [0.25, 0.3) is 0 Å². The topological polar surface area (TPSA) is 53.7 Å². The highest BCUT2D eigenvalue weighted by molar-refractivity contribution is 7.71. The van der Waals surface area contributed by atoms with Gasteiger partial charge in [-0.15, -0.1) is 0 Å². The quantitative estimate of drug-likeness (QED) is 0.709. The lowest BCUT2D eigenvalue weighted by atomic mass is 10.0. The van der Waals surface area contributed by atoms with Crippen LogP contribution in [-0.2, 0) is 10.3 Å². The average Bonchev–Trinajstić information content (AvgIpc) is 2.51. The molecule has 0 amide bonds. The summed E-state index contributed by atoms with van der Waals surface area (Å²) in [5, 5.41) is 5.62. The number of aromatic nitrogens is 3. The largest absolute Gasteiger partial charge is 0.371 e. The molecule has 0 aliphatic carbocycles. The summed E-state index contributed by atoms with van der Waals surface area (Å²) in [6, 6.07) is 0. The zero-order chi connectivity index (χ0) is 9.19. The van der Waals surface area contributed by atoms with E-state index in [9.17, 15) is 0 Å². The SMILES string of the molecule is CCC(C)(OC)c1nc(=S)[nH][nH]1. The molecule has 0 radical (unpaired) electrons. The Morgan fingerprint density at radius 3 is 2.58 bits per heavy atom. The zero-order valence-corrected chi connectivity index (χ0v) is 8.29. The highest BCUT2D eigenvalue weighted by atomic mass is 32.1. The van der Waals surface area contributed by atoms with Crippen molar-refractivity contribution in [1.29, 1.82) is 0 Å². The van der Waals surface area contributed by atoms with E-state index in [1.807, 2.05) is 13.8 Å². The summed E-state index contributed by atoms with van der Waals surface area (Å²) in [5.41, 5.74) is -0.367. The van der Waals surface area contributed by atoms with Crippen LogP contribution in [0.2, 0.25) is 0 Å². The van der Waals surface area contributed by atoms with Crippen molar-refractivity contribution in [1.82, 2.24) is 15.2 Å². The summed E-state index contributed by atoms with van der Waals surface area (Å²) in [7, 11) is 1.66. The summed E-state index contributed by atoms with van der Waals surface area (Å²) < 4.78 is 5.79. The molecule has 4 nitrogen and oxygen atoms in total. The van der Waals surface area contributed by atoms with Crippen molar-refractivity contribution in [2.45, 2.75) is 25.9 Å². The molecule has 5 heteroatoms. The molecule has 0 spiro atoms. The van der Waals surface area contributed by atoms with Crippen LogP contribution in [0.4, 0.5) is 0 Å². The van der Waals surface area contributed by atoms with Crippen LogP contribution in [-0.4, -0.2) is 22.3 Å². The van der Waals surface area contributed by atoms with Gasteiger partial charge in [-0.05, 0) is 25.6 Å². The number of nitrogens with one attached hydrogen (secondary N) is 2. The molecular formula is C7H13N3OS. The number of rotatable bonds is 3. The fraction of sp³-hybridized carbons (Fsp3) is 0.714.